The molecule has 1 aromatic carbocycles. The molecular formula is C17H22ClN5O. The number of hydrogen-bond acceptors (Lipinski definition) is 5. The summed E-state index contributed by atoms with van der Waals surface area (Å²) in [6, 6.07) is 7.86. The second-order valence-electron chi connectivity index (χ2n) is 5.59. The van der Waals surface area contributed by atoms with E-state index in [9.17, 15) is 0 Å². The zero-order chi connectivity index (χ0) is 16.4. The summed E-state index contributed by atoms with van der Waals surface area (Å²) in [6.45, 7) is 7.53. The Labute approximate surface area is 147 Å². The predicted octanol–water partition coefficient (Wildman–Crippen LogP) is 3.51. The van der Waals surface area contributed by atoms with Crippen molar-refractivity contribution in [3.8, 4) is 22.8 Å². The van der Waals surface area contributed by atoms with Crippen LogP contribution < -0.4 is 5.73 Å². The van der Waals surface area contributed by atoms with E-state index in [-0.39, 0.29) is 12.4 Å². The van der Waals surface area contributed by atoms with Crippen molar-refractivity contribution in [2.24, 2.45) is 5.73 Å². The molecule has 7 heteroatoms. The Morgan fingerprint density at radius 3 is 2.50 bits per heavy atom. The van der Waals surface area contributed by atoms with Crippen LogP contribution in [0.15, 0.2) is 28.8 Å². The number of nitrogens with zero attached hydrogens (tertiary/aromatic N) is 4. The van der Waals surface area contributed by atoms with Gasteiger partial charge in [0.2, 0.25) is 5.82 Å². The zero-order valence-corrected chi connectivity index (χ0v) is 14.9. The van der Waals surface area contributed by atoms with Crippen LogP contribution in [-0.4, -0.2) is 19.9 Å². The molecular weight excluding hydrogens is 326 g/mol. The maximum atomic E-state index is 5.62. The Kier molecular flexibility index (Phi) is 5.75. The van der Waals surface area contributed by atoms with Gasteiger partial charge in [-0.05, 0) is 25.8 Å². The standard InChI is InChI=1S/C17H21N5O.ClH/c1-4-9-22-12(3)15(11(2)20-22)17-19-16(21-23-17)14-7-5-13(10-18)6-8-14;/h5-8H,4,9-10,18H2,1-3H3;1H. The Bertz CT molecular complexity index is 807. The first-order valence-corrected chi connectivity index (χ1v) is 7.81. The van der Waals surface area contributed by atoms with Crippen molar-refractivity contribution in [1.29, 1.82) is 0 Å². The lowest BCUT2D eigenvalue weighted by molar-refractivity contribution is 0.431. The van der Waals surface area contributed by atoms with E-state index in [0.717, 1.165) is 41.0 Å². The van der Waals surface area contributed by atoms with Gasteiger partial charge in [-0.1, -0.05) is 36.3 Å². The van der Waals surface area contributed by atoms with Crippen molar-refractivity contribution in [2.45, 2.75) is 40.3 Å². The van der Waals surface area contributed by atoms with E-state index in [4.69, 9.17) is 10.3 Å². The summed E-state index contributed by atoms with van der Waals surface area (Å²) in [6.07, 6.45) is 1.03. The number of nitrogens with two attached hydrogens (primary N) is 1. The largest absolute Gasteiger partial charge is 0.333 e. The molecule has 3 rings (SSSR count). The van der Waals surface area contributed by atoms with Crippen LogP contribution in [0.4, 0.5) is 0 Å². The topological polar surface area (TPSA) is 82.8 Å². The molecule has 0 amide bonds. The van der Waals surface area contributed by atoms with Crippen molar-refractivity contribution >= 4 is 12.4 Å². The summed E-state index contributed by atoms with van der Waals surface area (Å²) in [5, 5.41) is 8.66. The zero-order valence-electron chi connectivity index (χ0n) is 14.1. The van der Waals surface area contributed by atoms with Crippen LogP contribution in [0.3, 0.4) is 0 Å². The predicted molar refractivity (Wildman–Crippen MR) is 95.9 cm³/mol. The normalized spacial score (nSPS) is 10.7. The van der Waals surface area contributed by atoms with E-state index in [1.54, 1.807) is 0 Å². The summed E-state index contributed by atoms with van der Waals surface area (Å²) < 4.78 is 7.47. The highest BCUT2D eigenvalue weighted by atomic mass is 35.5. The number of rotatable bonds is 5. The molecule has 2 heterocycles. The van der Waals surface area contributed by atoms with E-state index < -0.39 is 0 Å². The molecule has 0 fully saturated rings. The molecule has 0 atom stereocenters. The van der Waals surface area contributed by atoms with Gasteiger partial charge in [0.1, 0.15) is 0 Å². The molecule has 0 aliphatic rings. The van der Waals surface area contributed by atoms with E-state index in [1.165, 1.54) is 0 Å². The minimum absolute atomic E-state index is 0. The van der Waals surface area contributed by atoms with Crippen molar-refractivity contribution in [2.75, 3.05) is 0 Å². The smallest absolute Gasteiger partial charge is 0.261 e. The summed E-state index contributed by atoms with van der Waals surface area (Å²) in [7, 11) is 0. The Hall–Kier alpha value is -2.18. The molecule has 0 radical (unpaired) electrons. The summed E-state index contributed by atoms with van der Waals surface area (Å²) in [4.78, 5) is 4.54. The fraction of sp³-hybridized carbons (Fsp3) is 0.353. The third kappa shape index (κ3) is 3.34. The SMILES string of the molecule is CCCn1nc(C)c(-c2nc(-c3ccc(CN)cc3)no2)c1C.Cl. The van der Waals surface area contributed by atoms with Crippen LogP contribution >= 0.6 is 12.4 Å². The van der Waals surface area contributed by atoms with Crippen molar-refractivity contribution in [1.82, 2.24) is 19.9 Å². The van der Waals surface area contributed by atoms with Gasteiger partial charge in [0.25, 0.3) is 5.89 Å². The lowest BCUT2D eigenvalue weighted by Gasteiger charge is -2.00. The van der Waals surface area contributed by atoms with Crippen molar-refractivity contribution in [3.63, 3.8) is 0 Å². The van der Waals surface area contributed by atoms with Crippen LogP contribution in [-0.2, 0) is 13.1 Å². The Balaban J connectivity index is 0.00000208. The molecule has 0 aliphatic carbocycles. The molecule has 0 spiro atoms. The quantitative estimate of drug-likeness (QED) is 0.763. The van der Waals surface area contributed by atoms with Crippen LogP contribution in [0, 0.1) is 13.8 Å². The maximum absolute atomic E-state index is 5.62. The molecule has 0 saturated carbocycles. The molecule has 0 aliphatic heterocycles. The molecule has 3 aromatic rings. The van der Waals surface area contributed by atoms with Crippen molar-refractivity contribution in [3.05, 3.63) is 41.2 Å². The molecule has 0 bridgehead atoms. The molecule has 24 heavy (non-hydrogen) atoms. The average molecular weight is 348 g/mol. The van der Waals surface area contributed by atoms with Crippen LogP contribution in [0.25, 0.3) is 22.8 Å². The number of benzene rings is 1. The summed E-state index contributed by atoms with van der Waals surface area (Å²) in [5.41, 5.74) is 10.5. The fourth-order valence-corrected chi connectivity index (χ4v) is 2.67. The molecule has 6 nitrogen and oxygen atoms in total. The van der Waals surface area contributed by atoms with Crippen molar-refractivity contribution < 1.29 is 4.52 Å². The van der Waals surface area contributed by atoms with Gasteiger partial charge in [0.15, 0.2) is 0 Å². The lowest BCUT2D eigenvalue weighted by atomic mass is 10.1. The number of aryl methyl sites for hydroxylation is 2. The lowest BCUT2D eigenvalue weighted by Crippen LogP contribution is -2.01. The fourth-order valence-electron chi connectivity index (χ4n) is 2.67. The van der Waals surface area contributed by atoms with Gasteiger partial charge >= 0.3 is 0 Å². The average Bonchev–Trinajstić information content (AvgIpc) is 3.13. The van der Waals surface area contributed by atoms with E-state index in [0.29, 0.717) is 18.3 Å². The first-order valence-electron chi connectivity index (χ1n) is 7.81. The second kappa shape index (κ2) is 7.59. The highest BCUT2D eigenvalue weighted by Gasteiger charge is 2.19. The third-order valence-corrected chi connectivity index (χ3v) is 3.90. The molecule has 128 valence electrons. The first-order chi connectivity index (χ1) is 11.1. The van der Waals surface area contributed by atoms with E-state index in [1.807, 2.05) is 42.8 Å². The maximum Gasteiger partial charge on any atom is 0.261 e. The Morgan fingerprint density at radius 2 is 1.88 bits per heavy atom. The van der Waals surface area contributed by atoms with Gasteiger partial charge in [0, 0.05) is 24.3 Å². The molecule has 0 saturated heterocycles. The molecule has 2 N–H and O–H groups in total. The van der Waals surface area contributed by atoms with Crippen LogP contribution in [0.2, 0.25) is 0 Å². The number of hydrogen-bond donors (Lipinski definition) is 1. The van der Waals surface area contributed by atoms with Gasteiger partial charge in [-0.2, -0.15) is 10.1 Å². The van der Waals surface area contributed by atoms with E-state index in [2.05, 4.69) is 22.2 Å². The third-order valence-electron chi connectivity index (χ3n) is 3.90. The van der Waals surface area contributed by atoms with Gasteiger partial charge in [-0.15, -0.1) is 12.4 Å². The minimum atomic E-state index is 0. The first kappa shape index (κ1) is 18.2. The monoisotopic (exact) mass is 347 g/mol. The highest BCUT2D eigenvalue weighted by Crippen LogP contribution is 2.27. The minimum Gasteiger partial charge on any atom is -0.333 e. The summed E-state index contributed by atoms with van der Waals surface area (Å²) >= 11 is 0. The molecule has 2 aromatic heterocycles. The highest BCUT2D eigenvalue weighted by molar-refractivity contribution is 5.85. The van der Waals surface area contributed by atoms with E-state index >= 15 is 0 Å². The summed E-state index contributed by atoms with van der Waals surface area (Å²) in [5.74, 6) is 1.09. The second-order valence-corrected chi connectivity index (χ2v) is 5.59. The Morgan fingerprint density at radius 1 is 1.17 bits per heavy atom. The van der Waals surface area contributed by atoms with Gasteiger partial charge in [-0.25, -0.2) is 0 Å². The van der Waals surface area contributed by atoms with Crippen LogP contribution in [0.1, 0.15) is 30.3 Å². The van der Waals surface area contributed by atoms with Gasteiger partial charge < -0.3 is 10.3 Å². The van der Waals surface area contributed by atoms with Gasteiger partial charge in [-0.3, -0.25) is 4.68 Å². The van der Waals surface area contributed by atoms with Crippen LogP contribution in [0.5, 0.6) is 0 Å². The number of aromatic nitrogens is 4. The van der Waals surface area contributed by atoms with Gasteiger partial charge in [0.05, 0.1) is 11.3 Å². The molecule has 0 unspecified atom stereocenters. The number of halogens is 1.